The van der Waals surface area contributed by atoms with Crippen molar-refractivity contribution >= 4 is 11.8 Å². The SMILES string of the molecule is CC(C)(O)CNC(=O)c1c(F)cc(F)cc1C(N)=O. The van der Waals surface area contributed by atoms with Crippen molar-refractivity contribution in [3.05, 3.63) is 34.9 Å². The second-order valence-electron chi connectivity index (χ2n) is 4.67. The van der Waals surface area contributed by atoms with Crippen molar-refractivity contribution in [2.45, 2.75) is 19.4 Å². The Labute approximate surface area is 108 Å². The molecular weight excluding hydrogens is 258 g/mol. The third kappa shape index (κ3) is 3.99. The van der Waals surface area contributed by atoms with Crippen LogP contribution in [0.15, 0.2) is 12.1 Å². The van der Waals surface area contributed by atoms with Crippen LogP contribution in [0.5, 0.6) is 0 Å². The molecule has 1 rings (SSSR count). The van der Waals surface area contributed by atoms with Gasteiger partial charge in [-0.25, -0.2) is 8.78 Å². The molecule has 0 saturated heterocycles. The molecule has 0 fully saturated rings. The van der Waals surface area contributed by atoms with Crippen molar-refractivity contribution in [2.24, 2.45) is 5.73 Å². The fourth-order valence-corrected chi connectivity index (χ4v) is 1.38. The number of benzene rings is 1. The Morgan fingerprint density at radius 1 is 1.37 bits per heavy atom. The minimum atomic E-state index is -1.21. The van der Waals surface area contributed by atoms with Crippen molar-refractivity contribution < 1.29 is 23.5 Å². The lowest BCUT2D eigenvalue weighted by molar-refractivity contribution is 0.0691. The summed E-state index contributed by atoms with van der Waals surface area (Å²) in [5, 5.41) is 11.7. The van der Waals surface area contributed by atoms with E-state index in [4.69, 9.17) is 5.73 Å². The topological polar surface area (TPSA) is 92.4 Å². The number of aliphatic hydroxyl groups is 1. The maximum absolute atomic E-state index is 13.6. The first-order valence-corrected chi connectivity index (χ1v) is 5.41. The molecule has 0 aliphatic heterocycles. The lowest BCUT2D eigenvalue weighted by atomic mass is 10.0. The molecule has 0 bridgehead atoms. The lowest BCUT2D eigenvalue weighted by Crippen LogP contribution is -2.39. The summed E-state index contributed by atoms with van der Waals surface area (Å²) in [7, 11) is 0. The number of hydrogen-bond acceptors (Lipinski definition) is 3. The van der Waals surface area contributed by atoms with Gasteiger partial charge in [-0.3, -0.25) is 9.59 Å². The van der Waals surface area contributed by atoms with E-state index in [-0.39, 0.29) is 6.54 Å². The summed E-state index contributed by atoms with van der Waals surface area (Å²) in [4.78, 5) is 22.8. The van der Waals surface area contributed by atoms with Gasteiger partial charge in [-0.2, -0.15) is 0 Å². The third-order valence-electron chi connectivity index (χ3n) is 2.23. The van der Waals surface area contributed by atoms with Crippen LogP contribution in [-0.2, 0) is 0 Å². The minimum Gasteiger partial charge on any atom is -0.389 e. The van der Waals surface area contributed by atoms with Gasteiger partial charge < -0.3 is 16.2 Å². The van der Waals surface area contributed by atoms with Crippen LogP contribution in [0.4, 0.5) is 8.78 Å². The summed E-state index contributed by atoms with van der Waals surface area (Å²) in [6, 6.07) is 1.16. The van der Waals surface area contributed by atoms with E-state index in [9.17, 15) is 23.5 Å². The number of rotatable bonds is 4. The van der Waals surface area contributed by atoms with Crippen LogP contribution >= 0.6 is 0 Å². The number of hydrogen-bond donors (Lipinski definition) is 3. The molecule has 5 nitrogen and oxygen atoms in total. The molecule has 2 amide bonds. The summed E-state index contributed by atoms with van der Waals surface area (Å²) >= 11 is 0. The molecule has 0 unspecified atom stereocenters. The number of carbonyl (C=O) groups is 2. The molecule has 0 aliphatic carbocycles. The molecule has 104 valence electrons. The van der Waals surface area contributed by atoms with E-state index in [2.05, 4.69) is 5.32 Å². The molecule has 0 spiro atoms. The summed E-state index contributed by atoms with van der Waals surface area (Å²) in [5.74, 6) is -4.27. The van der Waals surface area contributed by atoms with E-state index < -0.39 is 40.2 Å². The van der Waals surface area contributed by atoms with Crippen LogP contribution in [0.25, 0.3) is 0 Å². The summed E-state index contributed by atoms with van der Waals surface area (Å²) in [6.07, 6.45) is 0. The first kappa shape index (κ1) is 15.0. The van der Waals surface area contributed by atoms with E-state index in [0.717, 1.165) is 0 Å². The fourth-order valence-electron chi connectivity index (χ4n) is 1.38. The molecule has 19 heavy (non-hydrogen) atoms. The predicted molar refractivity (Wildman–Crippen MR) is 63.5 cm³/mol. The van der Waals surface area contributed by atoms with Gasteiger partial charge in [0.05, 0.1) is 16.7 Å². The average molecular weight is 272 g/mol. The molecule has 0 heterocycles. The van der Waals surface area contributed by atoms with Gasteiger partial charge in [-0.15, -0.1) is 0 Å². The normalized spacial score (nSPS) is 11.2. The first-order chi connectivity index (χ1) is 8.61. The maximum atomic E-state index is 13.6. The standard InChI is InChI=1S/C12H14F2N2O3/c1-12(2,19)5-16-11(18)9-7(10(15)17)3-6(13)4-8(9)14/h3-4,19H,5H2,1-2H3,(H2,15,17)(H,16,18). The molecule has 0 aromatic heterocycles. The summed E-state index contributed by atoms with van der Waals surface area (Å²) in [6.45, 7) is 2.70. The summed E-state index contributed by atoms with van der Waals surface area (Å²) < 4.78 is 26.6. The molecule has 7 heteroatoms. The van der Waals surface area contributed by atoms with Crippen molar-refractivity contribution in [3.63, 3.8) is 0 Å². The number of primary amides is 1. The van der Waals surface area contributed by atoms with Gasteiger partial charge in [0.2, 0.25) is 5.91 Å². The van der Waals surface area contributed by atoms with Crippen LogP contribution in [0.3, 0.4) is 0 Å². The molecule has 4 N–H and O–H groups in total. The fraction of sp³-hybridized carbons (Fsp3) is 0.333. The van der Waals surface area contributed by atoms with Gasteiger partial charge in [-0.05, 0) is 19.9 Å². The molecule has 1 aromatic rings. The average Bonchev–Trinajstić information content (AvgIpc) is 2.23. The van der Waals surface area contributed by atoms with E-state index in [1.165, 1.54) is 13.8 Å². The molecule has 0 aliphatic rings. The van der Waals surface area contributed by atoms with Crippen LogP contribution in [0.2, 0.25) is 0 Å². The Balaban J connectivity index is 3.12. The van der Waals surface area contributed by atoms with Crippen molar-refractivity contribution in [1.82, 2.24) is 5.32 Å². The van der Waals surface area contributed by atoms with Crippen LogP contribution in [0, 0.1) is 11.6 Å². The highest BCUT2D eigenvalue weighted by molar-refractivity contribution is 6.06. The highest BCUT2D eigenvalue weighted by Gasteiger charge is 2.23. The largest absolute Gasteiger partial charge is 0.389 e. The van der Waals surface area contributed by atoms with Gasteiger partial charge >= 0.3 is 0 Å². The molecule has 0 saturated carbocycles. The smallest absolute Gasteiger partial charge is 0.255 e. The Kier molecular flexibility index (Phi) is 4.21. The van der Waals surface area contributed by atoms with E-state index in [0.29, 0.717) is 12.1 Å². The zero-order valence-electron chi connectivity index (χ0n) is 10.5. The second-order valence-corrected chi connectivity index (χ2v) is 4.67. The monoisotopic (exact) mass is 272 g/mol. The highest BCUT2D eigenvalue weighted by atomic mass is 19.1. The zero-order valence-corrected chi connectivity index (χ0v) is 10.5. The lowest BCUT2D eigenvalue weighted by Gasteiger charge is -2.18. The summed E-state index contributed by atoms with van der Waals surface area (Å²) in [5.41, 5.74) is 2.57. The molecule has 0 radical (unpaired) electrons. The zero-order chi connectivity index (χ0) is 14.8. The van der Waals surface area contributed by atoms with Gasteiger partial charge in [-0.1, -0.05) is 0 Å². The van der Waals surface area contributed by atoms with Gasteiger partial charge in [0.15, 0.2) is 0 Å². The van der Waals surface area contributed by atoms with Crippen LogP contribution in [0.1, 0.15) is 34.6 Å². The van der Waals surface area contributed by atoms with E-state index in [1.54, 1.807) is 0 Å². The maximum Gasteiger partial charge on any atom is 0.255 e. The van der Waals surface area contributed by atoms with E-state index >= 15 is 0 Å². The van der Waals surface area contributed by atoms with Gasteiger partial charge in [0.25, 0.3) is 5.91 Å². The number of carbonyl (C=O) groups excluding carboxylic acids is 2. The number of amides is 2. The first-order valence-electron chi connectivity index (χ1n) is 5.41. The Bertz CT molecular complexity index is 524. The molecule has 1 aromatic carbocycles. The molecule has 0 atom stereocenters. The van der Waals surface area contributed by atoms with Gasteiger partial charge in [0.1, 0.15) is 11.6 Å². The van der Waals surface area contributed by atoms with Crippen molar-refractivity contribution in [2.75, 3.05) is 6.54 Å². The second kappa shape index (κ2) is 5.31. The van der Waals surface area contributed by atoms with Crippen LogP contribution in [-0.4, -0.2) is 29.1 Å². The number of nitrogens with two attached hydrogens (primary N) is 1. The van der Waals surface area contributed by atoms with Crippen LogP contribution < -0.4 is 11.1 Å². The highest BCUT2D eigenvalue weighted by Crippen LogP contribution is 2.16. The van der Waals surface area contributed by atoms with Crippen molar-refractivity contribution in [3.8, 4) is 0 Å². The third-order valence-corrected chi connectivity index (χ3v) is 2.23. The molecular formula is C12H14F2N2O3. The Hall–Kier alpha value is -2.02. The quantitative estimate of drug-likeness (QED) is 0.748. The number of nitrogens with one attached hydrogen (secondary N) is 1. The number of halogens is 2. The van der Waals surface area contributed by atoms with E-state index in [1.807, 2.05) is 0 Å². The Morgan fingerprint density at radius 3 is 2.42 bits per heavy atom. The Morgan fingerprint density at radius 2 is 1.95 bits per heavy atom. The van der Waals surface area contributed by atoms with Crippen molar-refractivity contribution in [1.29, 1.82) is 0 Å². The van der Waals surface area contributed by atoms with Gasteiger partial charge in [0, 0.05) is 12.6 Å². The predicted octanol–water partition coefficient (Wildman–Crippen LogP) is 0.564. The minimum absolute atomic E-state index is 0.166.